The number of nitrogens with one attached hydrogen (secondary N) is 2. The van der Waals surface area contributed by atoms with Crippen LogP contribution >= 0.6 is 0 Å². The van der Waals surface area contributed by atoms with E-state index in [0.29, 0.717) is 18.1 Å². The number of benzene rings is 1. The fraction of sp³-hybridized carbons (Fsp3) is 0.188. The summed E-state index contributed by atoms with van der Waals surface area (Å²) in [6.45, 7) is 2.41. The Morgan fingerprint density at radius 2 is 1.82 bits per heavy atom. The lowest BCUT2D eigenvalue weighted by Crippen LogP contribution is -2.20. The molecular formula is C16H15N3O3. The van der Waals surface area contributed by atoms with E-state index in [1.165, 1.54) is 6.20 Å². The van der Waals surface area contributed by atoms with Crippen LogP contribution in [0.4, 0.5) is 0 Å². The van der Waals surface area contributed by atoms with Gasteiger partial charge in [-0.3, -0.25) is 24.8 Å². The largest absolute Gasteiger partial charge is 0.490 e. The molecule has 2 heterocycles. The number of aromatic amines is 2. The maximum Gasteiger partial charge on any atom is 0.274 e. The van der Waals surface area contributed by atoms with Gasteiger partial charge < -0.3 is 4.74 Å². The maximum absolute atomic E-state index is 12.2. The smallest absolute Gasteiger partial charge is 0.274 e. The van der Waals surface area contributed by atoms with Gasteiger partial charge in [0.05, 0.1) is 17.4 Å². The van der Waals surface area contributed by atoms with Gasteiger partial charge in [0.15, 0.2) is 5.75 Å². The van der Waals surface area contributed by atoms with E-state index in [0.717, 1.165) is 12.0 Å². The van der Waals surface area contributed by atoms with E-state index in [4.69, 9.17) is 4.74 Å². The molecule has 6 nitrogen and oxygen atoms in total. The summed E-state index contributed by atoms with van der Waals surface area (Å²) in [5.41, 5.74) is 0.580. The predicted octanol–water partition coefficient (Wildman–Crippen LogP) is 2.07. The fourth-order valence-corrected chi connectivity index (χ4v) is 2.28. The lowest BCUT2D eigenvalue weighted by molar-refractivity contribution is 0.321. The summed E-state index contributed by atoms with van der Waals surface area (Å²) in [4.78, 5) is 28.4. The lowest BCUT2D eigenvalue weighted by Gasteiger charge is -2.12. The maximum atomic E-state index is 12.2. The van der Waals surface area contributed by atoms with Crippen molar-refractivity contribution in [2.24, 2.45) is 0 Å². The summed E-state index contributed by atoms with van der Waals surface area (Å²) in [5.74, 6) is 0.345. The van der Waals surface area contributed by atoms with E-state index < -0.39 is 11.1 Å². The molecule has 22 heavy (non-hydrogen) atoms. The number of ether oxygens (including phenoxy) is 1. The Kier molecular flexibility index (Phi) is 3.74. The van der Waals surface area contributed by atoms with Crippen LogP contribution < -0.4 is 15.9 Å². The number of aromatic nitrogens is 3. The van der Waals surface area contributed by atoms with Crippen molar-refractivity contribution in [1.82, 2.24) is 15.2 Å². The molecule has 0 aliphatic heterocycles. The quantitative estimate of drug-likeness (QED) is 0.771. The summed E-state index contributed by atoms with van der Waals surface area (Å²) >= 11 is 0. The first-order valence-corrected chi connectivity index (χ1v) is 7.04. The average Bonchev–Trinajstić information content (AvgIpc) is 2.56. The molecule has 3 rings (SSSR count). The molecule has 0 aliphatic rings. The summed E-state index contributed by atoms with van der Waals surface area (Å²) < 4.78 is 5.75. The predicted molar refractivity (Wildman–Crippen MR) is 84.2 cm³/mol. The second-order valence-electron chi connectivity index (χ2n) is 4.85. The third-order valence-electron chi connectivity index (χ3n) is 3.29. The highest BCUT2D eigenvalue weighted by Gasteiger charge is 2.17. The number of hydrogen-bond acceptors (Lipinski definition) is 4. The Bertz CT molecular complexity index is 913. The summed E-state index contributed by atoms with van der Waals surface area (Å²) in [5, 5.41) is 5.08. The average molecular weight is 297 g/mol. The molecule has 0 radical (unpaired) electrons. The monoisotopic (exact) mass is 297 g/mol. The first-order valence-electron chi connectivity index (χ1n) is 7.04. The van der Waals surface area contributed by atoms with Gasteiger partial charge in [0.2, 0.25) is 0 Å². The third-order valence-corrected chi connectivity index (χ3v) is 3.29. The molecule has 112 valence electrons. The SMILES string of the molecule is CCCOc1c(-c2ccccc2)ncc2c(=O)[nH][nH]c(=O)c12. The van der Waals surface area contributed by atoms with E-state index in [-0.39, 0.29) is 10.8 Å². The van der Waals surface area contributed by atoms with Crippen LogP contribution in [0.15, 0.2) is 46.1 Å². The van der Waals surface area contributed by atoms with Crippen LogP contribution in [0.2, 0.25) is 0 Å². The van der Waals surface area contributed by atoms with Crippen LogP contribution in [-0.2, 0) is 0 Å². The molecule has 0 spiro atoms. The van der Waals surface area contributed by atoms with Gasteiger partial charge in [-0.05, 0) is 6.42 Å². The molecule has 0 amide bonds. The fourth-order valence-electron chi connectivity index (χ4n) is 2.28. The molecule has 6 heteroatoms. The highest BCUT2D eigenvalue weighted by Crippen LogP contribution is 2.32. The van der Waals surface area contributed by atoms with Gasteiger partial charge in [0, 0.05) is 11.8 Å². The first-order chi connectivity index (χ1) is 10.7. The second-order valence-corrected chi connectivity index (χ2v) is 4.85. The molecule has 0 fully saturated rings. The number of fused-ring (bicyclic) bond motifs is 1. The van der Waals surface area contributed by atoms with Gasteiger partial charge >= 0.3 is 0 Å². The number of rotatable bonds is 4. The highest BCUT2D eigenvalue weighted by atomic mass is 16.5. The van der Waals surface area contributed by atoms with Gasteiger partial charge in [-0.15, -0.1) is 0 Å². The van der Waals surface area contributed by atoms with Crippen LogP contribution in [0.3, 0.4) is 0 Å². The van der Waals surface area contributed by atoms with Crippen molar-refractivity contribution in [3.63, 3.8) is 0 Å². The first kappa shape index (κ1) is 14.1. The minimum atomic E-state index is -0.403. The van der Waals surface area contributed by atoms with Gasteiger partial charge in [-0.25, -0.2) is 0 Å². The van der Waals surface area contributed by atoms with Crippen LogP contribution in [0.1, 0.15) is 13.3 Å². The Morgan fingerprint density at radius 1 is 1.09 bits per heavy atom. The Labute approximate surface area is 125 Å². The Hall–Kier alpha value is -2.89. The zero-order valence-corrected chi connectivity index (χ0v) is 12.1. The molecule has 2 N–H and O–H groups in total. The second kappa shape index (κ2) is 5.85. The molecule has 0 bridgehead atoms. The summed E-state index contributed by atoms with van der Waals surface area (Å²) in [6, 6.07) is 9.43. The topological polar surface area (TPSA) is 87.8 Å². The van der Waals surface area contributed by atoms with E-state index in [1.54, 1.807) is 0 Å². The number of hydrogen-bond donors (Lipinski definition) is 2. The van der Waals surface area contributed by atoms with Crippen molar-refractivity contribution in [3.8, 4) is 17.0 Å². The number of pyridine rings is 1. The van der Waals surface area contributed by atoms with Crippen molar-refractivity contribution in [1.29, 1.82) is 0 Å². The van der Waals surface area contributed by atoms with Gasteiger partial charge in [0.25, 0.3) is 11.1 Å². The molecular weight excluding hydrogens is 282 g/mol. The molecule has 0 atom stereocenters. The van der Waals surface area contributed by atoms with Crippen molar-refractivity contribution >= 4 is 10.8 Å². The third kappa shape index (κ3) is 2.39. The van der Waals surface area contributed by atoms with Crippen LogP contribution in [0, 0.1) is 0 Å². The summed E-state index contributed by atoms with van der Waals surface area (Å²) in [7, 11) is 0. The summed E-state index contributed by atoms with van der Waals surface area (Å²) in [6.07, 6.45) is 2.19. The van der Waals surface area contributed by atoms with Crippen LogP contribution in [0.25, 0.3) is 22.0 Å². The van der Waals surface area contributed by atoms with Crippen LogP contribution in [0.5, 0.6) is 5.75 Å². The standard InChI is InChI=1S/C16H15N3O3/c1-2-8-22-14-12-11(15(20)18-19-16(12)21)9-17-13(14)10-6-4-3-5-7-10/h3-7,9H,2,8H2,1H3,(H,18,20)(H,19,21). The molecule has 0 aliphatic carbocycles. The molecule has 0 unspecified atom stereocenters. The molecule has 3 aromatic rings. The van der Waals surface area contributed by atoms with Gasteiger partial charge in [0.1, 0.15) is 5.69 Å². The molecule has 0 saturated carbocycles. The van der Waals surface area contributed by atoms with Crippen molar-refractivity contribution in [2.75, 3.05) is 6.61 Å². The molecule has 1 aromatic carbocycles. The van der Waals surface area contributed by atoms with Crippen LogP contribution in [-0.4, -0.2) is 21.8 Å². The van der Waals surface area contributed by atoms with E-state index in [2.05, 4.69) is 15.2 Å². The van der Waals surface area contributed by atoms with Gasteiger partial charge in [-0.2, -0.15) is 0 Å². The minimum absolute atomic E-state index is 0.217. The lowest BCUT2D eigenvalue weighted by atomic mass is 10.1. The molecule has 2 aromatic heterocycles. The van der Waals surface area contributed by atoms with E-state index >= 15 is 0 Å². The Morgan fingerprint density at radius 3 is 2.55 bits per heavy atom. The number of nitrogens with zero attached hydrogens (tertiary/aromatic N) is 1. The Balaban J connectivity index is 2.36. The van der Waals surface area contributed by atoms with Gasteiger partial charge in [-0.1, -0.05) is 37.3 Å². The van der Waals surface area contributed by atoms with E-state index in [1.807, 2.05) is 37.3 Å². The van der Waals surface area contributed by atoms with E-state index in [9.17, 15) is 9.59 Å². The minimum Gasteiger partial charge on any atom is -0.490 e. The molecule has 0 saturated heterocycles. The highest BCUT2D eigenvalue weighted by molar-refractivity contribution is 5.91. The van der Waals surface area contributed by atoms with Crippen molar-refractivity contribution < 1.29 is 4.74 Å². The number of H-pyrrole nitrogens is 2. The normalized spacial score (nSPS) is 10.8. The van der Waals surface area contributed by atoms with Crippen molar-refractivity contribution in [2.45, 2.75) is 13.3 Å². The zero-order valence-electron chi connectivity index (χ0n) is 12.1. The van der Waals surface area contributed by atoms with Crippen molar-refractivity contribution in [3.05, 3.63) is 57.2 Å². The zero-order chi connectivity index (χ0) is 15.5.